The van der Waals surface area contributed by atoms with E-state index in [0.717, 1.165) is 9.87 Å². The molecule has 2 aromatic rings. The highest BCUT2D eigenvalue weighted by molar-refractivity contribution is 7.90. The van der Waals surface area contributed by atoms with Gasteiger partial charge in [0.1, 0.15) is 17.3 Å². The Balaban J connectivity index is 1.44. The van der Waals surface area contributed by atoms with E-state index >= 15 is 0 Å². The number of nitrogens with one attached hydrogen (secondary N) is 2. The van der Waals surface area contributed by atoms with E-state index < -0.39 is 15.9 Å². The van der Waals surface area contributed by atoms with Crippen LogP contribution in [-0.2, 0) is 19.6 Å². The molecule has 0 saturated carbocycles. The minimum Gasteiger partial charge on any atom is -0.491 e. The first kappa shape index (κ1) is 27.1. The monoisotopic (exact) mass is 542 g/mol. The van der Waals surface area contributed by atoms with Gasteiger partial charge in [-0.05, 0) is 37.6 Å². The van der Waals surface area contributed by atoms with Crippen LogP contribution >= 0.6 is 0 Å². The number of rotatable bonds is 3. The summed E-state index contributed by atoms with van der Waals surface area (Å²) < 4.78 is 32.0. The topological polar surface area (TPSA) is 142 Å². The van der Waals surface area contributed by atoms with Gasteiger partial charge < -0.3 is 20.3 Å². The molecule has 4 rings (SSSR count). The van der Waals surface area contributed by atoms with E-state index in [1.54, 1.807) is 18.2 Å². The van der Waals surface area contributed by atoms with Crippen molar-refractivity contribution in [2.45, 2.75) is 31.1 Å². The van der Waals surface area contributed by atoms with Gasteiger partial charge in [-0.15, -0.1) is 0 Å². The number of fused-ring (bicyclic) bond motifs is 2. The summed E-state index contributed by atoms with van der Waals surface area (Å²) in [6.45, 7) is 2.52. The van der Waals surface area contributed by atoms with Crippen LogP contribution in [-0.4, -0.2) is 80.6 Å². The molecular formula is C26H30N4O7S. The summed E-state index contributed by atoms with van der Waals surface area (Å²) in [4.78, 5) is 52.2. The molecule has 38 heavy (non-hydrogen) atoms. The molecule has 0 bridgehead atoms. The number of carbonyl (C=O) groups excluding carboxylic acids is 4. The molecule has 0 fully saturated rings. The van der Waals surface area contributed by atoms with Crippen LogP contribution in [0.15, 0.2) is 47.4 Å². The maximum atomic E-state index is 13.1. The normalized spacial score (nSPS) is 18.3. The van der Waals surface area contributed by atoms with E-state index in [2.05, 4.69) is 10.6 Å². The number of sulfonamides is 1. The fourth-order valence-electron chi connectivity index (χ4n) is 4.39. The summed E-state index contributed by atoms with van der Waals surface area (Å²) >= 11 is 0. The Kier molecular flexibility index (Phi) is 8.30. The fraction of sp³-hybridized carbons (Fsp3) is 0.385. The van der Waals surface area contributed by atoms with Gasteiger partial charge in [-0.3, -0.25) is 19.2 Å². The highest BCUT2D eigenvalue weighted by atomic mass is 32.2. The highest BCUT2D eigenvalue weighted by Crippen LogP contribution is 2.30. The van der Waals surface area contributed by atoms with Crippen molar-refractivity contribution < 1.29 is 32.3 Å². The second-order valence-electron chi connectivity index (χ2n) is 9.07. The van der Waals surface area contributed by atoms with E-state index in [0.29, 0.717) is 17.7 Å². The van der Waals surface area contributed by atoms with Crippen LogP contribution in [0.1, 0.15) is 45.5 Å². The Bertz CT molecular complexity index is 1360. The van der Waals surface area contributed by atoms with Crippen molar-refractivity contribution >= 4 is 33.7 Å². The first-order valence-electron chi connectivity index (χ1n) is 12.4. The maximum Gasteiger partial charge on any atom is 0.269 e. The molecule has 202 valence electrons. The van der Waals surface area contributed by atoms with Crippen molar-refractivity contribution in [2.75, 3.05) is 39.3 Å². The van der Waals surface area contributed by atoms with Crippen molar-refractivity contribution in [3.63, 3.8) is 0 Å². The number of hydrogen-bond donors (Lipinski definition) is 2. The predicted molar refractivity (Wildman–Crippen MR) is 137 cm³/mol. The lowest BCUT2D eigenvalue weighted by atomic mass is 10.1. The van der Waals surface area contributed by atoms with Gasteiger partial charge in [0.15, 0.2) is 0 Å². The molecule has 2 aromatic carbocycles. The van der Waals surface area contributed by atoms with Crippen molar-refractivity contribution in [1.82, 2.24) is 19.8 Å². The maximum absolute atomic E-state index is 13.1. The quantitative estimate of drug-likeness (QED) is 0.591. The first-order chi connectivity index (χ1) is 18.2. The molecule has 12 heteroatoms. The zero-order valence-corrected chi connectivity index (χ0v) is 21.9. The number of hydrogen-bond acceptors (Lipinski definition) is 7. The lowest BCUT2D eigenvalue weighted by Gasteiger charge is -2.24. The van der Waals surface area contributed by atoms with Crippen LogP contribution in [0, 0.1) is 6.92 Å². The summed E-state index contributed by atoms with van der Waals surface area (Å²) in [6, 6.07) is 11.2. The second kappa shape index (κ2) is 11.6. The summed E-state index contributed by atoms with van der Waals surface area (Å²) in [6.07, 6.45) is 0.327. The number of ether oxygens (including phenoxy) is 1. The Morgan fingerprint density at radius 2 is 1.79 bits per heavy atom. The summed E-state index contributed by atoms with van der Waals surface area (Å²) in [5.41, 5.74) is 1.31. The zero-order chi connectivity index (χ0) is 27.3. The number of amides is 4. The molecule has 0 spiro atoms. The number of aryl methyl sites for hydroxylation is 1. The van der Waals surface area contributed by atoms with E-state index in [-0.39, 0.29) is 80.4 Å². The number of nitrogens with zero attached hydrogens (tertiary/aromatic N) is 2. The van der Waals surface area contributed by atoms with E-state index in [1.165, 1.54) is 23.1 Å². The minimum atomic E-state index is -4.02. The zero-order valence-electron chi connectivity index (χ0n) is 21.1. The van der Waals surface area contributed by atoms with Crippen LogP contribution in [0.4, 0.5) is 0 Å². The smallest absolute Gasteiger partial charge is 0.269 e. The Morgan fingerprint density at radius 1 is 1.00 bits per heavy atom. The third-order valence-electron chi connectivity index (χ3n) is 6.35. The van der Waals surface area contributed by atoms with E-state index in [1.807, 2.05) is 13.0 Å². The van der Waals surface area contributed by atoms with Crippen molar-refractivity contribution in [3.05, 3.63) is 59.2 Å². The summed E-state index contributed by atoms with van der Waals surface area (Å²) in [5.74, 6) is -1.21. The molecule has 2 heterocycles. The molecule has 0 saturated heterocycles. The number of carbonyl (C=O) groups is 4. The van der Waals surface area contributed by atoms with Crippen molar-refractivity contribution in [2.24, 2.45) is 0 Å². The molecule has 0 atom stereocenters. The van der Waals surface area contributed by atoms with Crippen LogP contribution < -0.4 is 15.4 Å². The van der Waals surface area contributed by atoms with Crippen LogP contribution in [0.2, 0.25) is 0 Å². The molecule has 11 nitrogen and oxygen atoms in total. The lowest BCUT2D eigenvalue weighted by molar-refractivity contribution is -0.131. The molecule has 0 aromatic heterocycles. The van der Waals surface area contributed by atoms with Gasteiger partial charge >= 0.3 is 0 Å². The molecule has 0 aliphatic carbocycles. The summed E-state index contributed by atoms with van der Waals surface area (Å²) in [7, 11) is -4.02. The lowest BCUT2D eigenvalue weighted by Crippen LogP contribution is -2.41. The van der Waals surface area contributed by atoms with Gasteiger partial charge in [-0.1, -0.05) is 23.8 Å². The Morgan fingerprint density at radius 3 is 2.58 bits per heavy atom. The van der Waals surface area contributed by atoms with E-state index in [4.69, 9.17) is 4.74 Å². The van der Waals surface area contributed by atoms with E-state index in [9.17, 15) is 27.6 Å². The third-order valence-corrected chi connectivity index (χ3v) is 8.19. The van der Waals surface area contributed by atoms with Gasteiger partial charge in [0, 0.05) is 39.0 Å². The van der Waals surface area contributed by atoms with Crippen molar-refractivity contribution in [1.29, 1.82) is 0 Å². The molecule has 2 aliphatic rings. The van der Waals surface area contributed by atoms with Gasteiger partial charge in [0.05, 0.1) is 17.7 Å². The highest BCUT2D eigenvalue weighted by Gasteiger charge is 2.40. The third kappa shape index (κ3) is 5.96. The van der Waals surface area contributed by atoms with Gasteiger partial charge in [0.2, 0.25) is 11.8 Å². The Hall–Kier alpha value is -3.93. The average Bonchev–Trinajstić information content (AvgIpc) is 3.08. The number of benzene rings is 2. The van der Waals surface area contributed by atoms with Gasteiger partial charge in [-0.2, -0.15) is 0 Å². The van der Waals surface area contributed by atoms with Crippen LogP contribution in [0.3, 0.4) is 0 Å². The Labute approximate surface area is 221 Å². The average molecular weight is 543 g/mol. The molecule has 2 N–H and O–H groups in total. The minimum absolute atomic E-state index is 0.0696. The fourth-order valence-corrected chi connectivity index (χ4v) is 5.96. The standard InChI is InChI=1S/C26H30N4O7S/c1-18-8-9-21-20(17-18)25(33)28-11-15-29(13-4-7-23(31)27-12-16-37-21)24(32)10-14-30-26(34)19-5-2-3-6-22(19)38(30,35)36/h2-3,5-6,8-9,17H,4,7,10-16H2,1H3,(H,27,31)(H,28,33). The largest absolute Gasteiger partial charge is 0.491 e. The predicted octanol–water partition coefficient (Wildman–Crippen LogP) is 1.08. The molecule has 4 amide bonds. The molecule has 0 unspecified atom stereocenters. The summed E-state index contributed by atoms with van der Waals surface area (Å²) in [5, 5.41) is 5.56. The van der Waals surface area contributed by atoms with Crippen LogP contribution in [0.5, 0.6) is 5.75 Å². The van der Waals surface area contributed by atoms with Gasteiger partial charge in [0.25, 0.3) is 21.8 Å². The molecule has 2 aliphatic heterocycles. The van der Waals surface area contributed by atoms with Gasteiger partial charge in [-0.25, -0.2) is 12.7 Å². The SMILES string of the molecule is Cc1ccc2c(c1)C(=O)NCCN(C(=O)CCN1C(=O)c3ccccc3S1(=O)=O)CCCC(=O)NCCO2. The molecule has 0 radical (unpaired) electrons. The first-order valence-corrected chi connectivity index (χ1v) is 13.8. The van der Waals surface area contributed by atoms with Crippen LogP contribution in [0.25, 0.3) is 0 Å². The second-order valence-corrected chi connectivity index (χ2v) is 10.9. The molecular weight excluding hydrogens is 512 g/mol. The van der Waals surface area contributed by atoms with Crippen molar-refractivity contribution in [3.8, 4) is 5.75 Å².